The van der Waals surface area contributed by atoms with E-state index in [0.29, 0.717) is 0 Å². The summed E-state index contributed by atoms with van der Waals surface area (Å²) in [6, 6.07) is 0. The van der Waals surface area contributed by atoms with Gasteiger partial charge in [0.15, 0.2) is 6.10 Å². The van der Waals surface area contributed by atoms with Gasteiger partial charge in [-0.1, -0.05) is 0 Å². The minimum atomic E-state index is -6.10. The van der Waals surface area contributed by atoms with Crippen LogP contribution < -0.4 is 0 Å². The summed E-state index contributed by atoms with van der Waals surface area (Å²) in [5, 5.41) is 7.98. The van der Waals surface area contributed by atoms with Crippen LogP contribution in [0.4, 0.5) is 35.1 Å². The topological polar surface area (TPSA) is 20.2 Å². The highest BCUT2D eigenvalue weighted by Gasteiger charge is 2.60. The first-order valence-electron chi connectivity index (χ1n) is 3.07. The molecule has 0 aliphatic rings. The quantitative estimate of drug-likeness (QED) is 0.725. The predicted molar refractivity (Wildman–Crippen MR) is 27.7 cm³/mol. The van der Waals surface area contributed by atoms with E-state index in [1.54, 1.807) is 0 Å². The zero-order chi connectivity index (χ0) is 11.8. The first kappa shape index (κ1) is 13.4. The zero-order valence-electron chi connectivity index (χ0n) is 6.26. The highest BCUT2D eigenvalue weighted by Crippen LogP contribution is 2.41. The molecule has 0 aliphatic carbocycles. The molecular formula is C5H4F8O. The molecule has 0 amide bonds. The maximum Gasteiger partial charge on any atom is 0.453 e. The summed E-state index contributed by atoms with van der Waals surface area (Å²) < 4.78 is 92.2. The molecule has 0 aromatic carbocycles. The van der Waals surface area contributed by atoms with Crippen LogP contribution in [0.1, 0.15) is 6.42 Å². The molecule has 0 rings (SSSR count). The molecule has 0 spiro atoms. The van der Waals surface area contributed by atoms with Crippen LogP contribution in [0.3, 0.4) is 0 Å². The van der Waals surface area contributed by atoms with Crippen LogP contribution in [0.25, 0.3) is 0 Å². The van der Waals surface area contributed by atoms with Crippen molar-refractivity contribution in [3.8, 4) is 0 Å². The largest absolute Gasteiger partial charge is 0.453 e. The Balaban J connectivity index is 4.53. The molecule has 0 saturated heterocycles. The number of alkyl halides is 8. The minimum Gasteiger partial charge on any atom is -0.383 e. The minimum absolute atomic E-state index is 2.72. The van der Waals surface area contributed by atoms with Crippen molar-refractivity contribution < 1.29 is 40.2 Å². The number of aliphatic hydroxyl groups excluding tert-OH is 1. The van der Waals surface area contributed by atoms with Crippen LogP contribution in [0.2, 0.25) is 0 Å². The number of rotatable bonds is 2. The second-order valence-corrected chi connectivity index (χ2v) is 2.46. The molecule has 0 bridgehead atoms. The highest BCUT2D eigenvalue weighted by molar-refractivity contribution is 4.81. The fourth-order valence-electron chi connectivity index (χ4n) is 0.474. The lowest BCUT2D eigenvalue weighted by Gasteiger charge is -2.23. The Morgan fingerprint density at radius 2 is 1.21 bits per heavy atom. The third kappa shape index (κ3) is 3.28. The standard InChI is InChI=1S/C5H4F8O/c6-3(7,5(11,12)13)1-2(14)4(8,9)10/h2,14H,1H2/t2-/m0/s1. The zero-order valence-corrected chi connectivity index (χ0v) is 6.26. The van der Waals surface area contributed by atoms with Gasteiger partial charge in [-0.25, -0.2) is 0 Å². The molecule has 0 heterocycles. The number of hydrogen-bond acceptors (Lipinski definition) is 1. The van der Waals surface area contributed by atoms with Crippen LogP contribution in [0.15, 0.2) is 0 Å². The lowest BCUT2D eigenvalue weighted by molar-refractivity contribution is -0.306. The van der Waals surface area contributed by atoms with E-state index in [2.05, 4.69) is 0 Å². The van der Waals surface area contributed by atoms with E-state index in [4.69, 9.17) is 5.11 Å². The molecule has 9 heteroatoms. The second-order valence-electron chi connectivity index (χ2n) is 2.46. The van der Waals surface area contributed by atoms with Gasteiger partial charge < -0.3 is 5.11 Å². The Hall–Kier alpha value is -0.600. The third-order valence-electron chi connectivity index (χ3n) is 1.24. The van der Waals surface area contributed by atoms with Crippen molar-refractivity contribution in [3.05, 3.63) is 0 Å². The predicted octanol–water partition coefficient (Wildman–Crippen LogP) is 2.50. The summed E-state index contributed by atoms with van der Waals surface area (Å²) in [7, 11) is 0. The van der Waals surface area contributed by atoms with E-state index in [1.807, 2.05) is 0 Å². The molecule has 0 aliphatic heterocycles. The van der Waals surface area contributed by atoms with Crippen molar-refractivity contribution in [3.63, 3.8) is 0 Å². The van der Waals surface area contributed by atoms with Crippen molar-refractivity contribution >= 4 is 0 Å². The SMILES string of the molecule is O[C@@H](CC(F)(F)C(F)(F)F)C(F)(F)F. The Kier molecular flexibility index (Phi) is 3.37. The van der Waals surface area contributed by atoms with Gasteiger partial charge in [-0.2, -0.15) is 35.1 Å². The first-order chi connectivity index (χ1) is 5.88. The number of halogens is 8. The number of aliphatic hydroxyl groups is 1. The van der Waals surface area contributed by atoms with E-state index < -0.39 is 30.8 Å². The van der Waals surface area contributed by atoms with E-state index in [-0.39, 0.29) is 0 Å². The molecular weight excluding hydrogens is 228 g/mol. The first-order valence-corrected chi connectivity index (χ1v) is 3.07. The summed E-state index contributed by atoms with van der Waals surface area (Å²) >= 11 is 0. The van der Waals surface area contributed by atoms with Crippen LogP contribution in [-0.2, 0) is 0 Å². The Labute approximate surface area is 72.3 Å². The third-order valence-corrected chi connectivity index (χ3v) is 1.24. The van der Waals surface area contributed by atoms with E-state index in [1.165, 1.54) is 0 Å². The summed E-state index contributed by atoms with van der Waals surface area (Å²) in [6.07, 6.45) is -18.0. The van der Waals surface area contributed by atoms with Crippen molar-refractivity contribution in [2.24, 2.45) is 0 Å². The second kappa shape index (κ2) is 3.52. The van der Waals surface area contributed by atoms with Crippen molar-refractivity contribution in [1.82, 2.24) is 0 Å². The molecule has 1 atom stereocenters. The Morgan fingerprint density at radius 3 is 1.43 bits per heavy atom. The van der Waals surface area contributed by atoms with Crippen LogP contribution in [0, 0.1) is 0 Å². The van der Waals surface area contributed by atoms with Gasteiger partial charge in [0.1, 0.15) is 0 Å². The molecule has 0 saturated carbocycles. The maximum absolute atomic E-state index is 11.9. The Bertz CT molecular complexity index is 191. The number of hydrogen-bond donors (Lipinski definition) is 1. The van der Waals surface area contributed by atoms with E-state index in [9.17, 15) is 35.1 Å². The van der Waals surface area contributed by atoms with Crippen molar-refractivity contribution in [1.29, 1.82) is 0 Å². The molecule has 0 aromatic heterocycles. The average Bonchev–Trinajstić information content (AvgIpc) is 1.80. The van der Waals surface area contributed by atoms with Gasteiger partial charge in [0.25, 0.3) is 0 Å². The van der Waals surface area contributed by atoms with Crippen LogP contribution in [0.5, 0.6) is 0 Å². The average molecular weight is 232 g/mol. The van der Waals surface area contributed by atoms with Gasteiger partial charge in [0.05, 0.1) is 6.42 Å². The molecule has 0 fully saturated rings. The molecule has 86 valence electrons. The van der Waals surface area contributed by atoms with Gasteiger partial charge in [0.2, 0.25) is 0 Å². The van der Waals surface area contributed by atoms with Gasteiger partial charge >= 0.3 is 18.3 Å². The maximum atomic E-state index is 11.9. The van der Waals surface area contributed by atoms with Crippen molar-refractivity contribution in [2.75, 3.05) is 0 Å². The van der Waals surface area contributed by atoms with Gasteiger partial charge in [-0.05, 0) is 0 Å². The molecule has 14 heavy (non-hydrogen) atoms. The van der Waals surface area contributed by atoms with E-state index >= 15 is 0 Å². The molecule has 0 unspecified atom stereocenters. The van der Waals surface area contributed by atoms with Gasteiger partial charge in [-0.15, -0.1) is 0 Å². The van der Waals surface area contributed by atoms with Crippen LogP contribution in [-0.4, -0.2) is 29.5 Å². The van der Waals surface area contributed by atoms with Gasteiger partial charge in [0, 0.05) is 0 Å². The summed E-state index contributed by atoms with van der Waals surface area (Å²) in [6.45, 7) is 0. The highest BCUT2D eigenvalue weighted by atomic mass is 19.4. The Morgan fingerprint density at radius 1 is 0.857 bits per heavy atom. The lowest BCUT2D eigenvalue weighted by atomic mass is 10.1. The molecule has 1 nitrogen and oxygen atoms in total. The fourth-order valence-corrected chi connectivity index (χ4v) is 0.474. The monoisotopic (exact) mass is 232 g/mol. The van der Waals surface area contributed by atoms with Crippen LogP contribution >= 0.6 is 0 Å². The summed E-state index contributed by atoms with van der Waals surface area (Å²) in [5.74, 6) is -5.55. The molecule has 0 aromatic rings. The molecule has 0 radical (unpaired) electrons. The lowest BCUT2D eigenvalue weighted by Crippen LogP contribution is -2.43. The summed E-state index contributed by atoms with van der Waals surface area (Å²) in [4.78, 5) is 0. The fraction of sp³-hybridized carbons (Fsp3) is 1.00. The summed E-state index contributed by atoms with van der Waals surface area (Å²) in [5.41, 5.74) is 0. The smallest absolute Gasteiger partial charge is 0.383 e. The van der Waals surface area contributed by atoms with E-state index in [0.717, 1.165) is 0 Å². The molecule has 1 N–H and O–H groups in total. The van der Waals surface area contributed by atoms with Crippen molar-refractivity contribution in [2.45, 2.75) is 30.8 Å². The van der Waals surface area contributed by atoms with Gasteiger partial charge in [-0.3, -0.25) is 0 Å². The normalized spacial score (nSPS) is 16.9.